The molecule has 0 saturated heterocycles. The van der Waals surface area contributed by atoms with Crippen LogP contribution in [0.25, 0.3) is 55.3 Å². The molecule has 7 aromatic rings. The molecule has 0 saturated carbocycles. The Morgan fingerprint density at radius 3 is 1.50 bits per heavy atom. The Balaban J connectivity index is 1.46. The Hall–Kier alpha value is -5.22. The van der Waals surface area contributed by atoms with Gasteiger partial charge in [0.15, 0.2) is 0 Å². The van der Waals surface area contributed by atoms with Crippen molar-refractivity contribution < 1.29 is 10.0 Å². The van der Waals surface area contributed by atoms with Gasteiger partial charge < -0.3 is 10.0 Å². The third-order valence-electron chi connectivity index (χ3n) is 9.71. The Morgan fingerprint density at radius 1 is 0.386 bits per heavy atom. The van der Waals surface area contributed by atoms with E-state index < -0.39 is 12.5 Å². The minimum Gasteiger partial charge on any atom is -0.423 e. The van der Waals surface area contributed by atoms with Crippen LogP contribution in [0.2, 0.25) is 0 Å². The number of rotatable bonds is 3. The molecule has 1 spiro atoms. The first-order valence-corrected chi connectivity index (χ1v) is 15.1. The zero-order valence-electron chi connectivity index (χ0n) is 23.9. The van der Waals surface area contributed by atoms with Crippen molar-refractivity contribution in [1.29, 1.82) is 0 Å². The molecule has 206 valence electrons. The fraction of sp³-hybridized carbons (Fsp3) is 0.0244. The normalized spacial score (nSPS) is 13.4. The molecule has 0 aliphatic heterocycles. The molecule has 0 atom stereocenters. The largest absolute Gasteiger partial charge is 0.489 e. The average Bonchev–Trinajstić information content (AvgIpc) is 3.55. The van der Waals surface area contributed by atoms with E-state index in [0.29, 0.717) is 5.46 Å². The topological polar surface area (TPSA) is 40.5 Å². The predicted octanol–water partition coefficient (Wildman–Crippen LogP) is 8.20. The summed E-state index contributed by atoms with van der Waals surface area (Å²) < 4.78 is 0. The van der Waals surface area contributed by atoms with Crippen LogP contribution < -0.4 is 5.46 Å². The fourth-order valence-electron chi connectivity index (χ4n) is 7.90. The predicted molar refractivity (Wildman–Crippen MR) is 181 cm³/mol. The van der Waals surface area contributed by atoms with Crippen molar-refractivity contribution in [2.24, 2.45) is 0 Å². The highest BCUT2D eigenvalue weighted by atomic mass is 16.4. The van der Waals surface area contributed by atoms with Crippen LogP contribution >= 0.6 is 0 Å². The van der Waals surface area contributed by atoms with Gasteiger partial charge in [-0.1, -0.05) is 140 Å². The molecule has 2 nitrogen and oxygen atoms in total. The maximum atomic E-state index is 10.7. The molecule has 2 N–H and O–H groups in total. The van der Waals surface area contributed by atoms with Gasteiger partial charge in [0.25, 0.3) is 0 Å². The standard InChI is InChI=1S/C41H27BO2/c43-42(44)39-25-38-40(33-16-8-7-15-32(33)39)34-17-9-10-18-35(34)41(38)36-23-28(26-11-3-1-4-12-26)19-21-30(36)31-22-20-29(24-37(31)41)27-13-5-2-6-14-27/h1-25,43-44H. The molecule has 0 fully saturated rings. The van der Waals surface area contributed by atoms with E-state index in [9.17, 15) is 10.0 Å². The molecule has 2 aliphatic rings. The van der Waals surface area contributed by atoms with Crippen LogP contribution in [-0.2, 0) is 5.41 Å². The maximum Gasteiger partial charge on any atom is 0.489 e. The molecular weight excluding hydrogens is 535 g/mol. The lowest BCUT2D eigenvalue weighted by Gasteiger charge is -2.31. The summed E-state index contributed by atoms with van der Waals surface area (Å²) in [4.78, 5) is 0. The lowest BCUT2D eigenvalue weighted by Crippen LogP contribution is -2.33. The first kappa shape index (κ1) is 25.3. The average molecular weight is 562 g/mol. The van der Waals surface area contributed by atoms with E-state index in [0.717, 1.165) is 33.0 Å². The maximum absolute atomic E-state index is 10.7. The van der Waals surface area contributed by atoms with Crippen molar-refractivity contribution in [3.63, 3.8) is 0 Å². The summed E-state index contributed by atoms with van der Waals surface area (Å²) in [6.07, 6.45) is 0. The highest BCUT2D eigenvalue weighted by Crippen LogP contribution is 2.64. The summed E-state index contributed by atoms with van der Waals surface area (Å²) in [5.41, 5.74) is 14.1. The van der Waals surface area contributed by atoms with Crippen molar-refractivity contribution in [2.75, 3.05) is 0 Å². The molecular formula is C41H27BO2. The van der Waals surface area contributed by atoms with Crippen LogP contribution in [0.3, 0.4) is 0 Å². The Bertz CT molecular complexity index is 2160. The van der Waals surface area contributed by atoms with Gasteiger partial charge in [-0.15, -0.1) is 0 Å². The van der Waals surface area contributed by atoms with Crippen molar-refractivity contribution in [3.05, 3.63) is 174 Å². The first-order valence-electron chi connectivity index (χ1n) is 15.1. The van der Waals surface area contributed by atoms with Crippen LogP contribution in [0, 0.1) is 0 Å². The van der Waals surface area contributed by atoms with E-state index in [1.165, 1.54) is 44.5 Å². The molecule has 3 heteroatoms. The third-order valence-corrected chi connectivity index (χ3v) is 9.71. The second-order valence-electron chi connectivity index (χ2n) is 11.9. The van der Waals surface area contributed by atoms with Gasteiger partial charge >= 0.3 is 7.12 Å². The zero-order valence-corrected chi connectivity index (χ0v) is 23.9. The number of hydrogen-bond acceptors (Lipinski definition) is 2. The lowest BCUT2D eigenvalue weighted by molar-refractivity contribution is 0.426. The summed E-state index contributed by atoms with van der Waals surface area (Å²) in [5.74, 6) is 0. The van der Waals surface area contributed by atoms with Crippen LogP contribution in [0.5, 0.6) is 0 Å². The van der Waals surface area contributed by atoms with Gasteiger partial charge in [-0.25, -0.2) is 0 Å². The van der Waals surface area contributed by atoms with Gasteiger partial charge in [0.2, 0.25) is 0 Å². The quantitative estimate of drug-likeness (QED) is 0.213. The van der Waals surface area contributed by atoms with Gasteiger partial charge in [-0.2, -0.15) is 0 Å². The number of benzene rings is 7. The van der Waals surface area contributed by atoms with Gasteiger partial charge in [-0.3, -0.25) is 0 Å². The molecule has 0 heterocycles. The Kier molecular flexibility index (Phi) is 5.40. The second kappa shape index (κ2) is 9.39. The summed E-state index contributed by atoms with van der Waals surface area (Å²) in [5, 5.41) is 23.4. The molecule has 44 heavy (non-hydrogen) atoms. The summed E-state index contributed by atoms with van der Waals surface area (Å²) in [7, 11) is -1.60. The molecule has 7 aromatic carbocycles. The van der Waals surface area contributed by atoms with E-state index in [1.807, 2.05) is 18.2 Å². The van der Waals surface area contributed by atoms with Gasteiger partial charge in [-0.05, 0) is 95.1 Å². The first-order chi connectivity index (χ1) is 21.7. The highest BCUT2D eigenvalue weighted by Gasteiger charge is 2.52. The van der Waals surface area contributed by atoms with Crippen LogP contribution in [0.1, 0.15) is 22.3 Å². The van der Waals surface area contributed by atoms with Crippen molar-refractivity contribution in [1.82, 2.24) is 0 Å². The molecule has 0 bridgehead atoms. The Morgan fingerprint density at radius 2 is 0.909 bits per heavy atom. The van der Waals surface area contributed by atoms with Gasteiger partial charge in [0, 0.05) is 0 Å². The third kappa shape index (κ3) is 3.34. The smallest absolute Gasteiger partial charge is 0.423 e. The van der Waals surface area contributed by atoms with Crippen LogP contribution in [0.4, 0.5) is 0 Å². The van der Waals surface area contributed by atoms with Crippen molar-refractivity contribution in [2.45, 2.75) is 5.41 Å². The second-order valence-corrected chi connectivity index (χ2v) is 11.9. The summed E-state index contributed by atoms with van der Waals surface area (Å²) in [6.45, 7) is 0. The van der Waals surface area contributed by atoms with E-state index >= 15 is 0 Å². The summed E-state index contributed by atoms with van der Waals surface area (Å²) in [6, 6.07) is 53.7. The molecule has 0 amide bonds. The summed E-state index contributed by atoms with van der Waals surface area (Å²) >= 11 is 0. The molecule has 9 rings (SSSR count). The monoisotopic (exact) mass is 562 g/mol. The highest BCUT2D eigenvalue weighted by molar-refractivity contribution is 6.62. The zero-order chi connectivity index (χ0) is 29.4. The minimum absolute atomic E-state index is 0.528. The van der Waals surface area contributed by atoms with Gasteiger partial charge in [0.1, 0.15) is 0 Å². The van der Waals surface area contributed by atoms with E-state index in [1.54, 1.807) is 0 Å². The van der Waals surface area contributed by atoms with Crippen molar-refractivity contribution >= 4 is 23.4 Å². The number of fused-ring (bicyclic) bond motifs is 12. The van der Waals surface area contributed by atoms with Crippen molar-refractivity contribution in [3.8, 4) is 44.5 Å². The van der Waals surface area contributed by atoms with E-state index in [4.69, 9.17) is 0 Å². The van der Waals surface area contributed by atoms with Gasteiger partial charge in [0.05, 0.1) is 5.41 Å². The van der Waals surface area contributed by atoms with E-state index in [2.05, 4.69) is 133 Å². The fourth-order valence-corrected chi connectivity index (χ4v) is 7.90. The molecule has 0 aromatic heterocycles. The lowest BCUT2D eigenvalue weighted by atomic mass is 9.67. The number of hydrogen-bond donors (Lipinski definition) is 2. The molecule has 0 radical (unpaired) electrons. The molecule has 2 aliphatic carbocycles. The molecule has 0 unspecified atom stereocenters. The SMILES string of the molecule is OB(O)c1cc2c(c3ccccc13)-c1ccccc1C21c2cc(-c3ccccc3)ccc2-c2ccc(-c3ccccc3)cc21. The van der Waals surface area contributed by atoms with Crippen LogP contribution in [-0.4, -0.2) is 17.2 Å². The Labute approximate surface area is 256 Å². The minimum atomic E-state index is -1.60. The van der Waals surface area contributed by atoms with E-state index in [-0.39, 0.29) is 0 Å². The van der Waals surface area contributed by atoms with Crippen LogP contribution in [0.15, 0.2) is 152 Å².